The third-order valence-electron chi connectivity index (χ3n) is 5.38. The van der Waals surface area contributed by atoms with Gasteiger partial charge in [0, 0.05) is 11.1 Å². The van der Waals surface area contributed by atoms with Gasteiger partial charge in [0.05, 0.1) is 0 Å². The van der Waals surface area contributed by atoms with Crippen LogP contribution in [0, 0.1) is 0 Å². The summed E-state index contributed by atoms with van der Waals surface area (Å²) in [4.78, 5) is 23.2. The third kappa shape index (κ3) is 6.93. The van der Waals surface area contributed by atoms with E-state index < -0.39 is 18.2 Å². The lowest BCUT2D eigenvalue weighted by Crippen LogP contribution is -2.24. The zero-order valence-electron chi connectivity index (χ0n) is 20.7. The summed E-state index contributed by atoms with van der Waals surface area (Å²) in [6.07, 6.45) is -0.438. The fraction of sp³-hybridized carbons (Fsp3) is 0.200. The first-order chi connectivity index (χ1) is 17.2. The molecule has 0 aromatic heterocycles. The Morgan fingerprint density at radius 3 is 1.94 bits per heavy atom. The van der Waals surface area contributed by atoms with Crippen molar-refractivity contribution in [2.24, 2.45) is 0 Å². The third-order valence-corrected chi connectivity index (χ3v) is 5.38. The van der Waals surface area contributed by atoms with Crippen molar-refractivity contribution in [3.05, 3.63) is 96.6 Å². The molecule has 36 heavy (non-hydrogen) atoms. The Morgan fingerprint density at radius 2 is 1.36 bits per heavy atom. The number of aryl methyl sites for hydroxylation is 1. The van der Waals surface area contributed by atoms with Gasteiger partial charge in [0.2, 0.25) is 6.29 Å². The van der Waals surface area contributed by atoms with Crippen LogP contribution in [0.1, 0.15) is 26.3 Å². The SMILES string of the molecule is C=C(C)C(=O)OCC(O)Oc1ccc(-c2ccc(-c3ccc(OC(=O)C(=C)C)cc3)c(CC)c2)cc1. The molecule has 3 aromatic carbocycles. The Labute approximate surface area is 211 Å². The minimum absolute atomic E-state index is 0.255. The number of carbonyl (C=O) groups excluding carboxylic acids is 2. The fourth-order valence-electron chi connectivity index (χ4n) is 3.43. The highest BCUT2D eigenvalue weighted by Gasteiger charge is 2.12. The van der Waals surface area contributed by atoms with Gasteiger partial charge in [0.1, 0.15) is 11.5 Å². The maximum Gasteiger partial charge on any atom is 0.338 e. The standard InChI is InChI=1S/C30H30O6/c1-6-21-17-24(11-16-27(21)23-9-14-26(15-10-23)36-30(33)20(4)5)22-7-12-25(13-8-22)35-28(31)18-34-29(32)19(2)3/h7-17,28,31H,2,4,6,18H2,1,3,5H3. The van der Waals surface area contributed by atoms with Crippen LogP contribution >= 0.6 is 0 Å². The lowest BCUT2D eigenvalue weighted by molar-refractivity contribution is -0.149. The van der Waals surface area contributed by atoms with Crippen molar-refractivity contribution in [3.8, 4) is 33.8 Å². The van der Waals surface area contributed by atoms with Gasteiger partial charge in [-0.05, 0) is 72.4 Å². The monoisotopic (exact) mass is 486 g/mol. The Bertz CT molecular complexity index is 1260. The number of aliphatic hydroxyl groups excluding tert-OH is 1. The van der Waals surface area contributed by atoms with Gasteiger partial charge >= 0.3 is 11.9 Å². The van der Waals surface area contributed by atoms with E-state index in [0.29, 0.717) is 17.1 Å². The van der Waals surface area contributed by atoms with E-state index in [1.165, 1.54) is 12.5 Å². The molecule has 0 heterocycles. The van der Waals surface area contributed by atoms with Gasteiger partial charge in [0.15, 0.2) is 6.61 Å². The molecule has 0 aliphatic carbocycles. The second-order valence-electron chi connectivity index (χ2n) is 8.40. The first kappa shape index (κ1) is 26.4. The van der Waals surface area contributed by atoms with Crippen LogP contribution in [0.15, 0.2) is 91.0 Å². The number of carbonyl (C=O) groups is 2. The number of rotatable bonds is 10. The molecule has 1 N–H and O–H groups in total. The number of hydrogen-bond donors (Lipinski definition) is 1. The van der Waals surface area contributed by atoms with Crippen molar-refractivity contribution >= 4 is 11.9 Å². The number of hydrogen-bond acceptors (Lipinski definition) is 6. The van der Waals surface area contributed by atoms with Gasteiger partial charge in [-0.15, -0.1) is 0 Å². The van der Waals surface area contributed by atoms with Gasteiger partial charge in [0.25, 0.3) is 0 Å². The van der Waals surface area contributed by atoms with Crippen LogP contribution in [0.3, 0.4) is 0 Å². The molecule has 0 saturated carbocycles. The van der Waals surface area contributed by atoms with E-state index >= 15 is 0 Å². The summed E-state index contributed by atoms with van der Waals surface area (Å²) in [5, 5.41) is 9.95. The fourth-order valence-corrected chi connectivity index (χ4v) is 3.43. The molecule has 0 radical (unpaired) electrons. The predicted molar refractivity (Wildman–Crippen MR) is 140 cm³/mol. The van der Waals surface area contributed by atoms with Crippen LogP contribution in [0.5, 0.6) is 11.5 Å². The molecule has 6 nitrogen and oxygen atoms in total. The average molecular weight is 487 g/mol. The summed E-state index contributed by atoms with van der Waals surface area (Å²) >= 11 is 0. The van der Waals surface area contributed by atoms with Gasteiger partial charge in [-0.2, -0.15) is 0 Å². The first-order valence-corrected chi connectivity index (χ1v) is 11.6. The van der Waals surface area contributed by atoms with Crippen LogP contribution < -0.4 is 9.47 Å². The van der Waals surface area contributed by atoms with Crippen LogP contribution in [-0.4, -0.2) is 29.9 Å². The quantitative estimate of drug-likeness (QED) is 0.167. The Morgan fingerprint density at radius 1 is 0.806 bits per heavy atom. The lowest BCUT2D eigenvalue weighted by atomic mass is 9.93. The number of benzene rings is 3. The molecule has 0 fully saturated rings. The average Bonchev–Trinajstić information content (AvgIpc) is 2.87. The molecular weight excluding hydrogens is 456 g/mol. The molecule has 0 spiro atoms. The molecule has 0 saturated heterocycles. The topological polar surface area (TPSA) is 82.1 Å². The molecule has 0 aliphatic heterocycles. The van der Waals surface area contributed by atoms with Crippen molar-refractivity contribution in [2.75, 3.05) is 6.61 Å². The van der Waals surface area contributed by atoms with Gasteiger partial charge in [-0.3, -0.25) is 0 Å². The first-order valence-electron chi connectivity index (χ1n) is 11.6. The van der Waals surface area contributed by atoms with Gasteiger partial charge in [-0.1, -0.05) is 62.5 Å². The van der Waals surface area contributed by atoms with Crippen molar-refractivity contribution < 1.29 is 28.9 Å². The summed E-state index contributed by atoms with van der Waals surface area (Å²) < 4.78 is 15.6. The molecule has 186 valence electrons. The Hall–Kier alpha value is -4.16. The van der Waals surface area contributed by atoms with E-state index in [2.05, 4.69) is 32.2 Å². The minimum atomic E-state index is -1.28. The molecule has 1 unspecified atom stereocenters. The number of aliphatic hydroxyl groups is 1. The van der Waals surface area contributed by atoms with Crippen molar-refractivity contribution in [1.29, 1.82) is 0 Å². The van der Waals surface area contributed by atoms with E-state index in [-0.39, 0.29) is 12.2 Å². The van der Waals surface area contributed by atoms with Gasteiger partial charge in [-0.25, -0.2) is 9.59 Å². The van der Waals surface area contributed by atoms with Crippen LogP contribution in [-0.2, 0) is 20.7 Å². The summed E-state index contributed by atoms with van der Waals surface area (Å²) in [6, 6.07) is 21.0. The van der Waals surface area contributed by atoms with Crippen molar-refractivity contribution in [3.63, 3.8) is 0 Å². The molecule has 0 aliphatic rings. The molecule has 3 rings (SSSR count). The van der Waals surface area contributed by atoms with E-state index in [1.54, 1.807) is 31.2 Å². The van der Waals surface area contributed by atoms with E-state index in [9.17, 15) is 14.7 Å². The summed E-state index contributed by atoms with van der Waals surface area (Å²) in [5.41, 5.74) is 5.95. The largest absolute Gasteiger partial charge is 0.461 e. The zero-order valence-corrected chi connectivity index (χ0v) is 20.7. The number of esters is 2. The molecular formula is C30H30O6. The minimum Gasteiger partial charge on any atom is -0.461 e. The van der Waals surface area contributed by atoms with Crippen molar-refractivity contribution in [2.45, 2.75) is 33.5 Å². The van der Waals surface area contributed by atoms with E-state index in [1.807, 2.05) is 30.3 Å². The normalized spacial score (nSPS) is 11.3. The second-order valence-corrected chi connectivity index (χ2v) is 8.40. The van der Waals surface area contributed by atoms with Crippen molar-refractivity contribution in [1.82, 2.24) is 0 Å². The van der Waals surface area contributed by atoms with E-state index in [4.69, 9.17) is 14.2 Å². The lowest BCUT2D eigenvalue weighted by Gasteiger charge is -2.15. The molecule has 0 amide bonds. The number of ether oxygens (including phenoxy) is 3. The molecule has 6 heteroatoms. The maximum absolute atomic E-state index is 11.7. The highest BCUT2D eigenvalue weighted by molar-refractivity contribution is 5.89. The molecule has 1 atom stereocenters. The summed E-state index contributed by atoms with van der Waals surface area (Å²) in [6.45, 7) is 12.0. The molecule has 3 aromatic rings. The maximum atomic E-state index is 11.7. The highest BCUT2D eigenvalue weighted by Crippen LogP contribution is 2.31. The van der Waals surface area contributed by atoms with Crippen LogP contribution in [0.4, 0.5) is 0 Å². The smallest absolute Gasteiger partial charge is 0.338 e. The zero-order chi connectivity index (χ0) is 26.2. The van der Waals surface area contributed by atoms with E-state index in [0.717, 1.165) is 28.7 Å². The Balaban J connectivity index is 1.70. The second kappa shape index (κ2) is 12.0. The highest BCUT2D eigenvalue weighted by atomic mass is 16.6. The van der Waals surface area contributed by atoms with Crippen LogP contribution in [0.2, 0.25) is 0 Å². The summed E-state index contributed by atoms with van der Waals surface area (Å²) in [5.74, 6) is -0.0935. The summed E-state index contributed by atoms with van der Waals surface area (Å²) in [7, 11) is 0. The Kier molecular flexibility index (Phi) is 8.81. The van der Waals surface area contributed by atoms with Gasteiger partial charge < -0.3 is 19.3 Å². The van der Waals surface area contributed by atoms with Crippen LogP contribution in [0.25, 0.3) is 22.3 Å². The predicted octanol–water partition coefficient (Wildman–Crippen LogP) is 5.88. The molecule has 0 bridgehead atoms.